The zero-order valence-corrected chi connectivity index (χ0v) is 7.52. The molecule has 0 aliphatic heterocycles. The van der Waals surface area contributed by atoms with E-state index in [0.717, 1.165) is 10.5 Å². The molecule has 2 aliphatic carbocycles. The van der Waals surface area contributed by atoms with Crippen molar-refractivity contribution in [2.45, 2.75) is 36.2 Å². The van der Waals surface area contributed by atoms with Gasteiger partial charge in [0.15, 0.2) is 0 Å². The van der Waals surface area contributed by atoms with Crippen LogP contribution >= 0.6 is 11.8 Å². The maximum absolute atomic E-state index is 2.32. The van der Waals surface area contributed by atoms with Crippen molar-refractivity contribution in [3.05, 3.63) is 24.3 Å². The van der Waals surface area contributed by atoms with Gasteiger partial charge in [-0.3, -0.25) is 0 Å². The van der Waals surface area contributed by atoms with Gasteiger partial charge in [0.05, 0.1) is 0 Å². The Labute approximate surface area is 72.8 Å². The molecule has 11 heavy (non-hydrogen) atoms. The summed E-state index contributed by atoms with van der Waals surface area (Å²) in [5.74, 6) is 0. The summed E-state index contributed by atoms with van der Waals surface area (Å²) in [5, 5.41) is 1.81. The number of rotatable bonds is 2. The first-order valence-electron chi connectivity index (χ1n) is 4.40. The average molecular weight is 166 g/mol. The van der Waals surface area contributed by atoms with Crippen LogP contribution in [-0.2, 0) is 0 Å². The van der Waals surface area contributed by atoms with Crippen LogP contribution in [0.4, 0.5) is 0 Å². The predicted molar refractivity (Wildman–Crippen MR) is 51.9 cm³/mol. The Balaban J connectivity index is 1.73. The highest BCUT2D eigenvalue weighted by molar-refractivity contribution is 8.00. The molecule has 0 amide bonds. The second-order valence-corrected chi connectivity index (χ2v) is 4.87. The normalized spacial score (nSPS) is 25.5. The highest BCUT2D eigenvalue weighted by Crippen LogP contribution is 2.33. The summed E-state index contributed by atoms with van der Waals surface area (Å²) in [5.41, 5.74) is 0. The van der Waals surface area contributed by atoms with Gasteiger partial charge in [-0.25, -0.2) is 0 Å². The van der Waals surface area contributed by atoms with Crippen LogP contribution in [-0.4, -0.2) is 10.5 Å². The lowest BCUT2D eigenvalue weighted by Crippen LogP contribution is -2.04. The first kappa shape index (κ1) is 7.48. The van der Waals surface area contributed by atoms with Crippen molar-refractivity contribution in [2.24, 2.45) is 0 Å². The summed E-state index contributed by atoms with van der Waals surface area (Å²) in [4.78, 5) is 0. The first-order chi connectivity index (χ1) is 5.45. The van der Waals surface area contributed by atoms with Crippen molar-refractivity contribution in [2.75, 3.05) is 0 Å². The van der Waals surface area contributed by atoms with Gasteiger partial charge in [0.25, 0.3) is 0 Å². The summed E-state index contributed by atoms with van der Waals surface area (Å²) in [7, 11) is 0. The summed E-state index contributed by atoms with van der Waals surface area (Å²) in [6.07, 6.45) is 14.5. The highest BCUT2D eigenvalue weighted by atomic mass is 32.2. The third-order valence-corrected chi connectivity index (χ3v) is 3.85. The SMILES string of the molecule is C1=CCC(SC2CC=CC2)C1. The van der Waals surface area contributed by atoms with Crippen LogP contribution in [0.1, 0.15) is 25.7 Å². The molecule has 0 fully saturated rings. The topological polar surface area (TPSA) is 0 Å². The van der Waals surface area contributed by atoms with Crippen LogP contribution in [0.5, 0.6) is 0 Å². The lowest BCUT2D eigenvalue weighted by Gasteiger charge is -2.14. The molecule has 60 valence electrons. The Morgan fingerprint density at radius 1 is 0.727 bits per heavy atom. The molecular formula is C10H14S. The maximum Gasteiger partial charge on any atom is 0.0119 e. The third kappa shape index (κ3) is 1.90. The lowest BCUT2D eigenvalue weighted by molar-refractivity contribution is 0.899. The third-order valence-electron chi connectivity index (χ3n) is 2.31. The molecule has 2 aliphatic rings. The molecule has 0 saturated heterocycles. The molecule has 0 aromatic heterocycles. The minimum Gasteiger partial charge on any atom is -0.154 e. The highest BCUT2D eigenvalue weighted by Gasteiger charge is 2.17. The van der Waals surface area contributed by atoms with Crippen LogP contribution in [0.15, 0.2) is 24.3 Å². The Kier molecular flexibility index (Phi) is 2.37. The van der Waals surface area contributed by atoms with E-state index in [4.69, 9.17) is 0 Å². The minimum absolute atomic E-state index is 0.903. The largest absolute Gasteiger partial charge is 0.154 e. The zero-order valence-electron chi connectivity index (χ0n) is 6.70. The number of hydrogen-bond acceptors (Lipinski definition) is 1. The smallest absolute Gasteiger partial charge is 0.0119 e. The summed E-state index contributed by atoms with van der Waals surface area (Å²) >= 11 is 2.19. The molecule has 1 heteroatoms. The summed E-state index contributed by atoms with van der Waals surface area (Å²) in [6, 6.07) is 0. The van der Waals surface area contributed by atoms with Gasteiger partial charge >= 0.3 is 0 Å². The Morgan fingerprint density at radius 2 is 1.09 bits per heavy atom. The van der Waals surface area contributed by atoms with E-state index in [1.807, 2.05) is 0 Å². The molecule has 0 atom stereocenters. The van der Waals surface area contributed by atoms with E-state index in [1.54, 1.807) is 0 Å². The van der Waals surface area contributed by atoms with E-state index in [-0.39, 0.29) is 0 Å². The van der Waals surface area contributed by atoms with Crippen molar-refractivity contribution in [1.29, 1.82) is 0 Å². The van der Waals surface area contributed by atoms with Crippen molar-refractivity contribution >= 4 is 11.8 Å². The molecular weight excluding hydrogens is 152 g/mol. The molecule has 0 spiro atoms. The predicted octanol–water partition coefficient (Wildman–Crippen LogP) is 3.16. The summed E-state index contributed by atoms with van der Waals surface area (Å²) in [6.45, 7) is 0. The molecule has 0 N–H and O–H groups in total. The summed E-state index contributed by atoms with van der Waals surface area (Å²) < 4.78 is 0. The average Bonchev–Trinajstić information content (AvgIpc) is 2.60. The van der Waals surface area contributed by atoms with Gasteiger partial charge in [0, 0.05) is 10.5 Å². The fraction of sp³-hybridized carbons (Fsp3) is 0.600. The van der Waals surface area contributed by atoms with Gasteiger partial charge in [0.1, 0.15) is 0 Å². The fourth-order valence-corrected chi connectivity index (χ4v) is 3.11. The molecule has 0 aromatic carbocycles. The Hall–Kier alpha value is -0.170. The van der Waals surface area contributed by atoms with Crippen LogP contribution in [0.2, 0.25) is 0 Å². The van der Waals surface area contributed by atoms with Crippen molar-refractivity contribution in [3.8, 4) is 0 Å². The number of allylic oxidation sites excluding steroid dienone is 4. The van der Waals surface area contributed by atoms with Crippen LogP contribution in [0.3, 0.4) is 0 Å². The quantitative estimate of drug-likeness (QED) is 0.568. The van der Waals surface area contributed by atoms with Crippen LogP contribution in [0.25, 0.3) is 0 Å². The standard InChI is InChI=1S/C10H14S/c1-2-6-9(5-1)11-10-7-3-4-8-10/h1-4,9-10H,5-8H2. The van der Waals surface area contributed by atoms with E-state index in [0.29, 0.717) is 0 Å². The molecule has 0 aromatic rings. The van der Waals surface area contributed by atoms with Crippen molar-refractivity contribution < 1.29 is 0 Å². The van der Waals surface area contributed by atoms with Crippen LogP contribution < -0.4 is 0 Å². The zero-order chi connectivity index (χ0) is 7.52. The van der Waals surface area contributed by atoms with E-state index in [2.05, 4.69) is 36.1 Å². The van der Waals surface area contributed by atoms with E-state index < -0.39 is 0 Å². The number of thioether (sulfide) groups is 1. The van der Waals surface area contributed by atoms with Gasteiger partial charge < -0.3 is 0 Å². The van der Waals surface area contributed by atoms with Gasteiger partial charge in [-0.2, -0.15) is 11.8 Å². The molecule has 0 heterocycles. The maximum atomic E-state index is 2.32. The monoisotopic (exact) mass is 166 g/mol. The molecule has 0 unspecified atom stereocenters. The van der Waals surface area contributed by atoms with Gasteiger partial charge in [-0.15, -0.1) is 0 Å². The van der Waals surface area contributed by atoms with Gasteiger partial charge in [-0.1, -0.05) is 24.3 Å². The molecule has 0 saturated carbocycles. The fourth-order valence-electron chi connectivity index (χ4n) is 1.68. The molecule has 0 nitrogen and oxygen atoms in total. The Morgan fingerprint density at radius 3 is 1.45 bits per heavy atom. The molecule has 0 bridgehead atoms. The van der Waals surface area contributed by atoms with Crippen molar-refractivity contribution in [1.82, 2.24) is 0 Å². The lowest BCUT2D eigenvalue weighted by atomic mass is 10.3. The molecule has 0 radical (unpaired) electrons. The van der Waals surface area contributed by atoms with E-state index in [1.165, 1.54) is 25.7 Å². The van der Waals surface area contributed by atoms with E-state index in [9.17, 15) is 0 Å². The second kappa shape index (κ2) is 3.48. The van der Waals surface area contributed by atoms with E-state index >= 15 is 0 Å². The minimum atomic E-state index is 0.903. The van der Waals surface area contributed by atoms with Crippen LogP contribution in [0, 0.1) is 0 Å². The Bertz CT molecular complexity index is 145. The second-order valence-electron chi connectivity index (χ2n) is 3.27. The van der Waals surface area contributed by atoms with Gasteiger partial charge in [-0.05, 0) is 25.7 Å². The molecule has 2 rings (SSSR count). The first-order valence-corrected chi connectivity index (χ1v) is 5.35. The van der Waals surface area contributed by atoms with Crippen molar-refractivity contribution in [3.63, 3.8) is 0 Å². The number of hydrogen-bond donors (Lipinski definition) is 0. The van der Waals surface area contributed by atoms with Gasteiger partial charge in [0.2, 0.25) is 0 Å².